The normalized spacial score (nSPS) is 11.6. The van der Waals surface area contributed by atoms with Crippen molar-refractivity contribution in [3.63, 3.8) is 0 Å². The van der Waals surface area contributed by atoms with Gasteiger partial charge in [-0.15, -0.1) is 0 Å². The molecule has 0 amide bonds. The molecule has 3 rings (SSSR count). The summed E-state index contributed by atoms with van der Waals surface area (Å²) in [5, 5.41) is 11.7. The van der Waals surface area contributed by atoms with Crippen LogP contribution in [0, 0.1) is 4.77 Å². The highest BCUT2D eigenvalue weighted by Crippen LogP contribution is 2.12. The number of pyridine rings is 1. The zero-order valence-corrected chi connectivity index (χ0v) is 12.9. The molecule has 2 aromatic heterocycles. The first-order chi connectivity index (χ1) is 10.8. The Morgan fingerprint density at radius 3 is 2.50 bits per heavy atom. The predicted molar refractivity (Wildman–Crippen MR) is 88.5 cm³/mol. The van der Waals surface area contributed by atoms with E-state index in [0.717, 1.165) is 29.1 Å². The molecule has 22 heavy (non-hydrogen) atoms. The lowest BCUT2D eigenvalue weighted by Crippen LogP contribution is -2.08. The van der Waals surface area contributed by atoms with E-state index in [1.165, 1.54) is 0 Å². The SMILES string of the molecule is CCc1n[nH]c(=S)n1N=C(c1ccccc1)c1ccncc1. The number of hydrogen-bond donors (Lipinski definition) is 1. The fraction of sp³-hybridized carbons (Fsp3) is 0.125. The molecule has 0 saturated heterocycles. The van der Waals surface area contributed by atoms with E-state index in [1.54, 1.807) is 17.1 Å². The maximum Gasteiger partial charge on any atom is 0.216 e. The summed E-state index contributed by atoms with van der Waals surface area (Å²) in [6, 6.07) is 13.9. The lowest BCUT2D eigenvalue weighted by molar-refractivity contribution is 0.776. The summed E-state index contributed by atoms with van der Waals surface area (Å²) in [6.07, 6.45) is 4.25. The van der Waals surface area contributed by atoms with E-state index in [2.05, 4.69) is 15.2 Å². The molecule has 0 spiro atoms. The number of aromatic amines is 1. The van der Waals surface area contributed by atoms with Gasteiger partial charge in [-0.1, -0.05) is 37.3 Å². The third-order valence-electron chi connectivity index (χ3n) is 3.23. The molecule has 0 saturated carbocycles. The highest BCUT2D eigenvalue weighted by Gasteiger charge is 2.10. The summed E-state index contributed by atoms with van der Waals surface area (Å²) in [4.78, 5) is 4.07. The zero-order valence-electron chi connectivity index (χ0n) is 12.1. The van der Waals surface area contributed by atoms with Gasteiger partial charge in [0.05, 0.1) is 5.71 Å². The van der Waals surface area contributed by atoms with Crippen molar-refractivity contribution in [2.24, 2.45) is 5.10 Å². The number of aryl methyl sites for hydroxylation is 1. The Morgan fingerprint density at radius 2 is 1.82 bits per heavy atom. The summed E-state index contributed by atoms with van der Waals surface area (Å²) in [5.74, 6) is 0.799. The van der Waals surface area contributed by atoms with E-state index < -0.39 is 0 Å². The largest absolute Gasteiger partial charge is 0.265 e. The molecule has 0 aliphatic heterocycles. The molecule has 0 unspecified atom stereocenters. The number of hydrogen-bond acceptors (Lipinski definition) is 4. The molecule has 0 aliphatic carbocycles. The van der Waals surface area contributed by atoms with Crippen LogP contribution in [0.15, 0.2) is 60.0 Å². The van der Waals surface area contributed by atoms with E-state index >= 15 is 0 Å². The van der Waals surface area contributed by atoms with Crippen molar-refractivity contribution in [1.29, 1.82) is 0 Å². The van der Waals surface area contributed by atoms with Crippen molar-refractivity contribution in [2.45, 2.75) is 13.3 Å². The Labute approximate surface area is 133 Å². The zero-order chi connectivity index (χ0) is 15.4. The summed E-state index contributed by atoms with van der Waals surface area (Å²) >= 11 is 5.28. The van der Waals surface area contributed by atoms with Gasteiger partial charge in [-0.05, 0) is 24.4 Å². The molecule has 0 radical (unpaired) electrons. The van der Waals surface area contributed by atoms with Crippen LogP contribution in [0.5, 0.6) is 0 Å². The van der Waals surface area contributed by atoms with Crippen LogP contribution in [0.4, 0.5) is 0 Å². The van der Waals surface area contributed by atoms with Gasteiger partial charge in [-0.2, -0.15) is 14.9 Å². The quantitative estimate of drug-likeness (QED) is 0.595. The molecule has 1 aromatic carbocycles. The Morgan fingerprint density at radius 1 is 1.14 bits per heavy atom. The van der Waals surface area contributed by atoms with Gasteiger partial charge in [0.25, 0.3) is 0 Å². The Balaban J connectivity index is 2.20. The van der Waals surface area contributed by atoms with E-state index in [-0.39, 0.29) is 0 Å². The summed E-state index contributed by atoms with van der Waals surface area (Å²) in [5.41, 5.74) is 2.82. The molecule has 3 aromatic rings. The molecule has 2 heterocycles. The Kier molecular flexibility index (Phi) is 4.20. The van der Waals surface area contributed by atoms with Crippen LogP contribution in [0.3, 0.4) is 0 Å². The molecule has 0 atom stereocenters. The first-order valence-electron chi connectivity index (χ1n) is 7.00. The van der Waals surface area contributed by atoms with Crippen molar-refractivity contribution in [3.05, 3.63) is 76.6 Å². The van der Waals surface area contributed by atoms with Gasteiger partial charge in [-0.3, -0.25) is 10.1 Å². The lowest BCUT2D eigenvalue weighted by atomic mass is 10.0. The smallest absolute Gasteiger partial charge is 0.216 e. The van der Waals surface area contributed by atoms with Crippen molar-refractivity contribution >= 4 is 17.9 Å². The number of rotatable bonds is 4. The van der Waals surface area contributed by atoms with E-state index in [0.29, 0.717) is 4.77 Å². The van der Waals surface area contributed by atoms with Crippen molar-refractivity contribution in [1.82, 2.24) is 19.9 Å². The van der Waals surface area contributed by atoms with Crippen molar-refractivity contribution in [3.8, 4) is 0 Å². The van der Waals surface area contributed by atoms with Gasteiger partial charge in [0, 0.05) is 29.9 Å². The maximum atomic E-state index is 5.28. The van der Waals surface area contributed by atoms with Gasteiger partial charge in [0.2, 0.25) is 4.77 Å². The van der Waals surface area contributed by atoms with E-state index in [1.807, 2.05) is 49.4 Å². The average molecular weight is 309 g/mol. The van der Waals surface area contributed by atoms with E-state index in [9.17, 15) is 0 Å². The van der Waals surface area contributed by atoms with Crippen LogP contribution in [-0.2, 0) is 6.42 Å². The molecule has 0 aliphatic rings. The third kappa shape index (κ3) is 2.87. The van der Waals surface area contributed by atoms with Gasteiger partial charge < -0.3 is 0 Å². The molecular weight excluding hydrogens is 294 g/mol. The minimum atomic E-state index is 0.485. The Hall–Kier alpha value is -2.60. The number of H-pyrrole nitrogens is 1. The maximum absolute atomic E-state index is 5.28. The molecular formula is C16H15N5S. The lowest BCUT2D eigenvalue weighted by Gasteiger charge is -2.08. The van der Waals surface area contributed by atoms with Crippen LogP contribution >= 0.6 is 12.2 Å². The second-order valence-electron chi connectivity index (χ2n) is 4.66. The first-order valence-corrected chi connectivity index (χ1v) is 7.41. The van der Waals surface area contributed by atoms with Crippen LogP contribution in [0.25, 0.3) is 0 Å². The molecule has 0 fully saturated rings. The Bertz CT molecular complexity index is 792. The van der Waals surface area contributed by atoms with Crippen LogP contribution < -0.4 is 0 Å². The summed E-state index contributed by atoms with van der Waals surface area (Å²) in [6.45, 7) is 2.02. The van der Waals surface area contributed by atoms with E-state index in [4.69, 9.17) is 17.3 Å². The second kappa shape index (κ2) is 6.44. The number of benzene rings is 1. The van der Waals surface area contributed by atoms with Crippen molar-refractivity contribution < 1.29 is 0 Å². The highest BCUT2D eigenvalue weighted by molar-refractivity contribution is 7.71. The van der Waals surface area contributed by atoms with Gasteiger partial charge in [0.15, 0.2) is 5.82 Å². The van der Waals surface area contributed by atoms with Gasteiger partial charge >= 0.3 is 0 Å². The predicted octanol–water partition coefficient (Wildman–Crippen LogP) is 3.20. The number of nitrogens with one attached hydrogen (secondary N) is 1. The van der Waals surface area contributed by atoms with Crippen molar-refractivity contribution in [2.75, 3.05) is 0 Å². The molecule has 1 N–H and O–H groups in total. The topological polar surface area (TPSA) is 58.9 Å². The van der Waals surface area contributed by atoms with Gasteiger partial charge in [-0.25, -0.2) is 0 Å². The molecule has 0 bridgehead atoms. The third-order valence-corrected chi connectivity index (χ3v) is 3.50. The van der Waals surface area contributed by atoms with Crippen LogP contribution in [-0.4, -0.2) is 25.6 Å². The molecule has 110 valence electrons. The second-order valence-corrected chi connectivity index (χ2v) is 5.05. The minimum Gasteiger partial charge on any atom is -0.265 e. The highest BCUT2D eigenvalue weighted by atomic mass is 32.1. The summed E-state index contributed by atoms with van der Waals surface area (Å²) in [7, 11) is 0. The number of aromatic nitrogens is 4. The minimum absolute atomic E-state index is 0.485. The fourth-order valence-electron chi connectivity index (χ4n) is 2.14. The molecule has 5 nitrogen and oxygen atoms in total. The van der Waals surface area contributed by atoms with Gasteiger partial charge in [0.1, 0.15) is 0 Å². The van der Waals surface area contributed by atoms with Crippen LogP contribution in [0.2, 0.25) is 0 Å². The monoisotopic (exact) mass is 309 g/mol. The van der Waals surface area contributed by atoms with Crippen LogP contribution in [0.1, 0.15) is 23.9 Å². The standard InChI is InChI=1S/C16H15N5S/c1-2-14-18-19-16(22)21(14)20-15(12-6-4-3-5-7-12)13-8-10-17-11-9-13/h3-11H,2H2,1H3,(H,19,22). The number of nitrogens with zero attached hydrogens (tertiary/aromatic N) is 4. The fourth-order valence-corrected chi connectivity index (χ4v) is 2.34. The first kappa shape index (κ1) is 14.3. The summed E-state index contributed by atoms with van der Waals surface area (Å²) < 4.78 is 2.16. The average Bonchev–Trinajstić information content (AvgIpc) is 2.94. The molecule has 6 heteroatoms.